The Labute approximate surface area is 651 Å². The number of para-hydroxylation sites is 3. The van der Waals surface area contributed by atoms with Gasteiger partial charge in [-0.1, -0.05) is 324 Å². The van der Waals surface area contributed by atoms with Crippen molar-refractivity contribution >= 4 is 101 Å². The van der Waals surface area contributed by atoms with E-state index in [1.165, 1.54) is 155 Å². The molecule has 4 nitrogen and oxygen atoms in total. The van der Waals surface area contributed by atoms with E-state index >= 15 is 0 Å². The standard InChI is InChI=1S/C104H111BN4/c1-97(2,3)70-49-67(50-71(56-70)98(4,5)6)64-37-42-78(43-38-64)106-91-55-66(69-53-74(101(13,14)15)58-75(54-69)102(16,17)18)41-46-85(91)105-86-47-48-90-94(84-33-27-30-36-89(84)108(90)80-60-76(103(19,20)21)59-77(61-80)104(22,23)24)96(86)109(79-44-39-65(40-45-79)68-51-72(99(7,8)9)57-73(52-68)100(10,11)12)93-63-81(62-92(106)95(93)105)107-87-34-28-25-31-82(87)83-32-26-29-35-88(83)107/h25-63H,1-24H3. The fourth-order valence-corrected chi connectivity index (χ4v) is 17.0. The van der Waals surface area contributed by atoms with Gasteiger partial charge in [0.15, 0.2) is 0 Å². The zero-order valence-electron chi connectivity index (χ0n) is 69.4. The molecule has 0 N–H and O–H groups in total. The quantitative estimate of drug-likeness (QED) is 0.148. The molecule has 12 aromatic carbocycles. The molecule has 0 saturated carbocycles. The summed E-state index contributed by atoms with van der Waals surface area (Å²) in [5.74, 6) is 0. The lowest BCUT2D eigenvalue weighted by Gasteiger charge is -2.45. The third-order valence-electron chi connectivity index (χ3n) is 23.8. The van der Waals surface area contributed by atoms with E-state index in [2.05, 4.69) is 422 Å². The van der Waals surface area contributed by atoms with Gasteiger partial charge >= 0.3 is 0 Å². The molecule has 16 rings (SSSR count). The van der Waals surface area contributed by atoms with Gasteiger partial charge in [0, 0.05) is 55.7 Å². The molecule has 0 bridgehead atoms. The van der Waals surface area contributed by atoms with Crippen LogP contribution in [0.2, 0.25) is 0 Å². The first-order chi connectivity index (χ1) is 51.1. The summed E-state index contributed by atoms with van der Waals surface area (Å²) in [5.41, 5.74) is 35.1. The van der Waals surface area contributed by atoms with Crippen molar-refractivity contribution in [2.24, 2.45) is 0 Å². The molecule has 5 heteroatoms. The van der Waals surface area contributed by atoms with Crippen LogP contribution in [-0.4, -0.2) is 15.8 Å². The van der Waals surface area contributed by atoms with Crippen molar-refractivity contribution in [3.63, 3.8) is 0 Å². The summed E-state index contributed by atoms with van der Waals surface area (Å²) >= 11 is 0. The third-order valence-corrected chi connectivity index (χ3v) is 23.8. The predicted octanol–water partition coefficient (Wildman–Crippen LogP) is 27.3. The minimum absolute atomic E-state index is 0.0397. The lowest BCUT2D eigenvalue weighted by Crippen LogP contribution is -2.61. The van der Waals surface area contributed by atoms with Gasteiger partial charge < -0.3 is 18.9 Å². The predicted molar refractivity (Wildman–Crippen MR) is 475 cm³/mol. The number of hydrogen-bond acceptors (Lipinski definition) is 2. The van der Waals surface area contributed by atoms with Crippen LogP contribution in [0.15, 0.2) is 237 Å². The Bertz CT molecular complexity index is 5810. The summed E-state index contributed by atoms with van der Waals surface area (Å²) in [6, 6.07) is 93.7. The molecule has 4 heterocycles. The van der Waals surface area contributed by atoms with Gasteiger partial charge in [-0.2, -0.15) is 0 Å². The van der Waals surface area contributed by atoms with Crippen molar-refractivity contribution in [1.82, 2.24) is 9.13 Å². The minimum Gasteiger partial charge on any atom is -0.311 e. The van der Waals surface area contributed by atoms with Gasteiger partial charge in [0.1, 0.15) is 0 Å². The van der Waals surface area contributed by atoms with Gasteiger partial charge in [-0.15, -0.1) is 0 Å². The Balaban J connectivity index is 1.05. The second-order valence-electron chi connectivity index (χ2n) is 40.2. The average Bonchev–Trinajstić information content (AvgIpc) is 1.67. The third kappa shape index (κ3) is 12.8. The molecule has 2 aliphatic rings. The Morgan fingerprint density at radius 3 is 0.936 bits per heavy atom. The first-order valence-electron chi connectivity index (χ1n) is 39.9. The van der Waals surface area contributed by atoms with Crippen molar-refractivity contribution in [1.29, 1.82) is 0 Å². The van der Waals surface area contributed by atoms with Gasteiger partial charge in [0.25, 0.3) is 6.71 Å². The molecule has 14 aromatic rings. The lowest BCUT2D eigenvalue weighted by molar-refractivity contribution is 0.567. The van der Waals surface area contributed by atoms with Gasteiger partial charge in [-0.25, -0.2) is 0 Å². The SMILES string of the molecule is CC(C)(C)c1cc(-c2ccc(N3c4cc(-c5cc(C(C)(C)C)cc(C(C)(C)C)c5)ccc4B4c5ccc6c(c5N(c5ccc(-c7cc(C(C)(C)C)cc(C(C)(C)C)c7)cc5)c5cc(-n7c8ccccc8c8ccccc87)cc3c54)c3ccccc3n6-c3cc(C(C)(C)C)cc(C(C)(C)C)c3)cc2)cc(C(C)(C)C)c1. The molecule has 0 radical (unpaired) electrons. The second-order valence-corrected chi connectivity index (χ2v) is 40.2. The molecule has 109 heavy (non-hydrogen) atoms. The Kier molecular flexibility index (Phi) is 16.9. The number of aromatic nitrogens is 2. The van der Waals surface area contributed by atoms with Crippen LogP contribution < -0.4 is 26.2 Å². The topological polar surface area (TPSA) is 16.3 Å². The average molecular weight is 1430 g/mol. The summed E-state index contributed by atoms with van der Waals surface area (Å²) in [7, 11) is 0. The largest absolute Gasteiger partial charge is 0.311 e. The fraction of sp³-hybridized carbons (Fsp3) is 0.308. The Morgan fingerprint density at radius 2 is 0.532 bits per heavy atom. The molecular formula is C104H111BN4. The van der Waals surface area contributed by atoms with Gasteiger partial charge in [0.05, 0.1) is 33.4 Å². The van der Waals surface area contributed by atoms with Crippen LogP contribution in [0.3, 0.4) is 0 Å². The van der Waals surface area contributed by atoms with Crippen LogP contribution in [0.25, 0.3) is 88.4 Å². The van der Waals surface area contributed by atoms with Crippen LogP contribution in [0.5, 0.6) is 0 Å². The monoisotopic (exact) mass is 1430 g/mol. The summed E-state index contributed by atoms with van der Waals surface area (Å²) < 4.78 is 5.15. The van der Waals surface area contributed by atoms with Crippen molar-refractivity contribution in [3.8, 4) is 44.8 Å². The summed E-state index contributed by atoms with van der Waals surface area (Å²) in [5, 5.41) is 4.90. The first kappa shape index (κ1) is 73.1. The number of nitrogens with zero attached hydrogens (tertiary/aromatic N) is 4. The maximum Gasteiger partial charge on any atom is 0.252 e. The number of benzene rings is 12. The van der Waals surface area contributed by atoms with E-state index in [0.717, 1.165) is 28.4 Å². The molecule has 0 spiro atoms. The highest BCUT2D eigenvalue weighted by atomic mass is 15.2. The molecule has 0 unspecified atom stereocenters. The number of fused-ring (bicyclic) bond motifs is 11. The molecule has 0 aliphatic carbocycles. The zero-order valence-corrected chi connectivity index (χ0v) is 69.4. The molecule has 0 fully saturated rings. The van der Waals surface area contributed by atoms with Crippen molar-refractivity contribution in [2.75, 3.05) is 9.80 Å². The zero-order chi connectivity index (χ0) is 77.5. The highest BCUT2D eigenvalue weighted by Gasteiger charge is 2.46. The van der Waals surface area contributed by atoms with Crippen molar-refractivity contribution in [2.45, 2.75) is 209 Å². The van der Waals surface area contributed by atoms with Crippen LogP contribution >= 0.6 is 0 Å². The maximum absolute atomic E-state index is 2.70. The van der Waals surface area contributed by atoms with Gasteiger partial charge in [0.2, 0.25) is 0 Å². The lowest BCUT2D eigenvalue weighted by atomic mass is 9.33. The maximum atomic E-state index is 2.70. The van der Waals surface area contributed by atoms with E-state index in [1.54, 1.807) is 0 Å². The normalized spacial score (nSPS) is 13.8. The van der Waals surface area contributed by atoms with Crippen molar-refractivity contribution < 1.29 is 0 Å². The van der Waals surface area contributed by atoms with Crippen LogP contribution in [0, 0.1) is 0 Å². The van der Waals surface area contributed by atoms with E-state index in [4.69, 9.17) is 0 Å². The number of rotatable bonds is 7. The minimum atomic E-state index is -0.205. The van der Waals surface area contributed by atoms with E-state index in [9.17, 15) is 0 Å². The van der Waals surface area contributed by atoms with E-state index in [0.29, 0.717) is 0 Å². The highest BCUT2D eigenvalue weighted by Crippen LogP contribution is 2.52. The molecule has 2 aliphatic heterocycles. The number of anilines is 6. The van der Waals surface area contributed by atoms with Gasteiger partial charge in [-0.3, -0.25) is 0 Å². The summed E-state index contributed by atoms with van der Waals surface area (Å²) in [6.07, 6.45) is 0. The van der Waals surface area contributed by atoms with Crippen LogP contribution in [0.4, 0.5) is 34.1 Å². The fourth-order valence-electron chi connectivity index (χ4n) is 17.0. The molecule has 0 atom stereocenters. The molecule has 550 valence electrons. The molecule has 2 aromatic heterocycles. The smallest absolute Gasteiger partial charge is 0.252 e. The Hall–Kier alpha value is -10.1. The number of hydrogen-bond donors (Lipinski definition) is 0. The van der Waals surface area contributed by atoms with E-state index in [-0.39, 0.29) is 50.0 Å². The van der Waals surface area contributed by atoms with Gasteiger partial charge in [-0.05, 0) is 216 Å². The van der Waals surface area contributed by atoms with E-state index in [1.807, 2.05) is 0 Å². The molecular weight excluding hydrogens is 1320 g/mol. The summed E-state index contributed by atoms with van der Waals surface area (Å²) in [4.78, 5) is 5.35. The Morgan fingerprint density at radius 1 is 0.220 bits per heavy atom. The molecule has 0 amide bonds. The second kappa shape index (κ2) is 25.2. The van der Waals surface area contributed by atoms with Crippen molar-refractivity contribution in [3.05, 3.63) is 281 Å². The van der Waals surface area contributed by atoms with Crippen LogP contribution in [0.1, 0.15) is 211 Å². The van der Waals surface area contributed by atoms with E-state index < -0.39 is 0 Å². The highest BCUT2D eigenvalue weighted by molar-refractivity contribution is 7.00. The summed E-state index contributed by atoms with van der Waals surface area (Å²) in [6.45, 7) is 56.2. The molecule has 0 saturated heterocycles. The first-order valence-corrected chi connectivity index (χ1v) is 39.9. The van der Waals surface area contributed by atoms with Crippen LogP contribution in [-0.2, 0) is 43.3 Å².